The summed E-state index contributed by atoms with van der Waals surface area (Å²) in [4.78, 5) is 12.0. The molecule has 25 heavy (non-hydrogen) atoms. The number of anilines is 1. The maximum absolute atomic E-state index is 12.3. The van der Waals surface area contributed by atoms with E-state index in [4.69, 9.17) is 9.84 Å². The van der Waals surface area contributed by atoms with E-state index >= 15 is 0 Å². The Hall–Kier alpha value is -1.49. The van der Waals surface area contributed by atoms with Crippen LogP contribution in [0.2, 0.25) is 0 Å². The molecular formula is C20H26N2O2S. The number of carbonyl (C=O) groups excluding carboxylic acids is 1. The molecule has 3 atom stereocenters. The van der Waals surface area contributed by atoms with Crippen molar-refractivity contribution in [1.29, 1.82) is 0 Å². The average Bonchev–Trinajstić information content (AvgIpc) is 3.12. The van der Waals surface area contributed by atoms with Crippen molar-refractivity contribution in [1.82, 2.24) is 0 Å². The minimum Gasteiger partial charge on any atom is -0.464 e. The van der Waals surface area contributed by atoms with Gasteiger partial charge in [-0.25, -0.2) is 9.80 Å². The molecule has 1 aromatic rings. The maximum atomic E-state index is 12.3. The summed E-state index contributed by atoms with van der Waals surface area (Å²) in [5.41, 5.74) is 2.59. The minimum atomic E-state index is -0.330. The highest BCUT2D eigenvalue weighted by atomic mass is 32.2. The van der Waals surface area contributed by atoms with Gasteiger partial charge < -0.3 is 4.74 Å². The monoisotopic (exact) mass is 358 g/mol. The van der Waals surface area contributed by atoms with Gasteiger partial charge >= 0.3 is 5.97 Å². The molecule has 3 aliphatic rings. The van der Waals surface area contributed by atoms with Gasteiger partial charge in [0.25, 0.3) is 0 Å². The van der Waals surface area contributed by atoms with Gasteiger partial charge in [0, 0.05) is 5.41 Å². The lowest BCUT2D eigenvalue weighted by atomic mass is 9.68. The van der Waals surface area contributed by atoms with Gasteiger partial charge in [-0.2, -0.15) is 5.10 Å². The lowest BCUT2D eigenvalue weighted by Gasteiger charge is -2.49. The predicted octanol–water partition coefficient (Wildman–Crippen LogP) is 4.58. The maximum Gasteiger partial charge on any atom is 0.365 e. The van der Waals surface area contributed by atoms with E-state index in [1.54, 1.807) is 11.8 Å². The van der Waals surface area contributed by atoms with Gasteiger partial charge in [-0.05, 0) is 49.7 Å². The highest BCUT2D eigenvalue weighted by Crippen LogP contribution is 2.75. The van der Waals surface area contributed by atoms with Crippen LogP contribution in [0.5, 0.6) is 0 Å². The Morgan fingerprint density at radius 1 is 1.28 bits per heavy atom. The Morgan fingerprint density at radius 2 is 1.96 bits per heavy atom. The van der Waals surface area contributed by atoms with Crippen molar-refractivity contribution >= 4 is 28.5 Å². The Morgan fingerprint density at radius 3 is 2.48 bits per heavy atom. The summed E-state index contributed by atoms with van der Waals surface area (Å²) in [5.74, 6) is 0.327. The van der Waals surface area contributed by atoms with Crippen molar-refractivity contribution in [2.45, 2.75) is 51.8 Å². The van der Waals surface area contributed by atoms with Crippen LogP contribution in [0.25, 0.3) is 0 Å². The first-order chi connectivity index (χ1) is 11.7. The van der Waals surface area contributed by atoms with Gasteiger partial charge in [0.1, 0.15) is 4.87 Å². The van der Waals surface area contributed by atoms with Crippen molar-refractivity contribution in [3.05, 3.63) is 29.8 Å². The molecule has 2 saturated carbocycles. The second-order valence-corrected chi connectivity index (χ2v) is 9.69. The second kappa shape index (κ2) is 5.26. The van der Waals surface area contributed by atoms with E-state index in [2.05, 4.69) is 57.0 Å². The number of hydrazone groups is 1. The van der Waals surface area contributed by atoms with Gasteiger partial charge in [-0.3, -0.25) is 0 Å². The zero-order valence-electron chi connectivity index (χ0n) is 15.6. The largest absolute Gasteiger partial charge is 0.464 e. The summed E-state index contributed by atoms with van der Waals surface area (Å²) in [7, 11) is 1.43. The fourth-order valence-corrected chi connectivity index (χ4v) is 6.92. The van der Waals surface area contributed by atoms with Crippen LogP contribution >= 0.6 is 11.8 Å². The summed E-state index contributed by atoms with van der Waals surface area (Å²) in [6.07, 6.45) is 3.49. The zero-order valence-corrected chi connectivity index (χ0v) is 16.4. The molecule has 2 fully saturated rings. The molecule has 1 aliphatic heterocycles. The van der Waals surface area contributed by atoms with E-state index in [0.717, 1.165) is 12.1 Å². The number of thioether (sulfide) groups is 1. The lowest BCUT2D eigenvalue weighted by molar-refractivity contribution is -0.132. The topological polar surface area (TPSA) is 41.9 Å². The molecule has 1 spiro atoms. The number of methoxy groups -OCH3 is 1. The Bertz CT molecular complexity index is 757. The smallest absolute Gasteiger partial charge is 0.365 e. The summed E-state index contributed by atoms with van der Waals surface area (Å²) < 4.78 is 4.99. The van der Waals surface area contributed by atoms with E-state index in [-0.39, 0.29) is 21.7 Å². The number of esters is 1. The van der Waals surface area contributed by atoms with Crippen molar-refractivity contribution < 1.29 is 9.53 Å². The molecule has 0 unspecified atom stereocenters. The molecule has 1 aromatic carbocycles. The van der Waals surface area contributed by atoms with E-state index in [0.29, 0.717) is 11.0 Å². The number of benzene rings is 1. The summed E-state index contributed by atoms with van der Waals surface area (Å²) in [6.45, 7) is 9.26. The fourth-order valence-electron chi connectivity index (χ4n) is 5.20. The minimum absolute atomic E-state index is 0.0828. The van der Waals surface area contributed by atoms with Crippen LogP contribution in [0.4, 0.5) is 5.69 Å². The molecule has 0 saturated heterocycles. The summed E-state index contributed by atoms with van der Waals surface area (Å²) in [6, 6.07) is 8.45. The SMILES string of the molecule is COC(=O)C1=NN(c2ccc(C)cc2)[C@]2(C[C@H]3CC[C@]2(C)C3(C)C)S1. The Kier molecular flexibility index (Phi) is 3.56. The van der Waals surface area contributed by atoms with E-state index in [1.165, 1.54) is 25.5 Å². The van der Waals surface area contributed by atoms with Crippen molar-refractivity contribution in [3.8, 4) is 0 Å². The molecule has 2 bridgehead atoms. The van der Waals surface area contributed by atoms with Crippen molar-refractivity contribution in [2.75, 3.05) is 12.1 Å². The van der Waals surface area contributed by atoms with E-state index in [9.17, 15) is 4.79 Å². The highest BCUT2D eigenvalue weighted by Gasteiger charge is 2.73. The number of hydrogen-bond donors (Lipinski definition) is 0. The molecule has 4 nitrogen and oxygen atoms in total. The third-order valence-corrected chi connectivity index (χ3v) is 8.83. The first-order valence-electron chi connectivity index (χ1n) is 8.98. The van der Waals surface area contributed by atoms with E-state index < -0.39 is 0 Å². The molecule has 2 aliphatic carbocycles. The number of carbonyl (C=O) groups is 1. The number of rotatable bonds is 2. The van der Waals surface area contributed by atoms with Crippen LogP contribution in [-0.4, -0.2) is 23.0 Å². The van der Waals surface area contributed by atoms with Gasteiger partial charge in [-0.1, -0.05) is 50.2 Å². The van der Waals surface area contributed by atoms with Crippen LogP contribution < -0.4 is 5.01 Å². The molecule has 0 amide bonds. The molecular weight excluding hydrogens is 332 g/mol. The highest BCUT2D eigenvalue weighted by molar-refractivity contribution is 8.17. The van der Waals surface area contributed by atoms with E-state index in [1.807, 2.05) is 0 Å². The van der Waals surface area contributed by atoms with Crippen molar-refractivity contribution in [3.63, 3.8) is 0 Å². The number of ether oxygens (including phenoxy) is 1. The van der Waals surface area contributed by atoms with Crippen LogP contribution in [0.15, 0.2) is 29.4 Å². The molecule has 4 rings (SSSR count). The number of fused-ring (bicyclic) bond motifs is 3. The van der Waals surface area contributed by atoms with Crippen LogP contribution in [-0.2, 0) is 9.53 Å². The third kappa shape index (κ3) is 2.02. The van der Waals surface area contributed by atoms with Gasteiger partial charge in [-0.15, -0.1) is 0 Å². The van der Waals surface area contributed by atoms with Crippen LogP contribution in [0.1, 0.15) is 45.6 Å². The van der Waals surface area contributed by atoms with Crippen LogP contribution in [0, 0.1) is 23.7 Å². The zero-order chi connectivity index (χ0) is 18.0. The molecule has 0 radical (unpaired) electrons. The molecule has 0 N–H and O–H groups in total. The van der Waals surface area contributed by atoms with Gasteiger partial charge in [0.2, 0.25) is 5.04 Å². The molecule has 5 heteroatoms. The Balaban J connectivity index is 1.84. The van der Waals surface area contributed by atoms with Crippen molar-refractivity contribution in [2.24, 2.45) is 21.8 Å². The second-order valence-electron chi connectivity index (χ2n) is 8.42. The summed E-state index contributed by atoms with van der Waals surface area (Å²) >= 11 is 1.63. The van der Waals surface area contributed by atoms with Crippen LogP contribution in [0.3, 0.4) is 0 Å². The summed E-state index contributed by atoms with van der Waals surface area (Å²) in [5, 5.41) is 7.37. The standard InChI is InChI=1S/C20H26N2O2S/c1-13-6-8-15(9-7-13)22-20(25-16(21-22)17(23)24-5)12-14-10-11-19(20,4)18(14,2)3/h6-9,14H,10-12H2,1-5H3/t14-,19-,20-/m1/s1. The molecule has 1 heterocycles. The number of hydrogen-bond acceptors (Lipinski definition) is 5. The predicted molar refractivity (Wildman–Crippen MR) is 103 cm³/mol. The molecule has 0 aromatic heterocycles. The number of nitrogens with zero attached hydrogens (tertiary/aromatic N) is 2. The number of aryl methyl sites for hydroxylation is 1. The fraction of sp³-hybridized carbons (Fsp3) is 0.600. The normalized spacial score (nSPS) is 35.3. The first-order valence-corrected chi connectivity index (χ1v) is 9.80. The first kappa shape index (κ1) is 17.0. The lowest BCUT2D eigenvalue weighted by Crippen LogP contribution is -2.53. The Labute approximate surface area is 154 Å². The average molecular weight is 359 g/mol. The quantitative estimate of drug-likeness (QED) is 0.726. The third-order valence-electron chi connectivity index (χ3n) is 7.26. The van der Waals surface area contributed by atoms with Gasteiger partial charge in [0.15, 0.2) is 0 Å². The van der Waals surface area contributed by atoms with Gasteiger partial charge in [0.05, 0.1) is 12.8 Å². The molecule has 134 valence electrons.